The number of hydrogen-bond acceptors (Lipinski definition) is 2. The summed E-state index contributed by atoms with van der Waals surface area (Å²) in [6.07, 6.45) is 0. The lowest BCUT2D eigenvalue weighted by molar-refractivity contribution is 0.546. The van der Waals surface area contributed by atoms with Crippen molar-refractivity contribution in [3.8, 4) is 0 Å². The highest BCUT2D eigenvalue weighted by Crippen LogP contribution is 2.24. The fourth-order valence-corrected chi connectivity index (χ4v) is 2.14. The number of nitrogens with one attached hydrogen (secondary N) is 1. The van der Waals surface area contributed by atoms with Crippen molar-refractivity contribution < 1.29 is 4.39 Å². The van der Waals surface area contributed by atoms with E-state index in [1.165, 1.54) is 6.07 Å². The fourth-order valence-electron chi connectivity index (χ4n) is 1.31. The highest BCUT2D eigenvalue weighted by Gasteiger charge is 2.08. The van der Waals surface area contributed by atoms with Gasteiger partial charge in [0.15, 0.2) is 0 Å². The van der Waals surface area contributed by atoms with Gasteiger partial charge in [-0.2, -0.15) is 0 Å². The maximum absolute atomic E-state index is 13.6. The van der Waals surface area contributed by atoms with Crippen molar-refractivity contribution in [3.05, 3.63) is 29.6 Å². The standard InChI is InChI=1S/C12H18FNS/c1-4-15-12-7-5-6-11(13)10(12)8-14-9(2)3/h5-7,9,14H,4,8H2,1-3H3. The van der Waals surface area contributed by atoms with Crippen LogP contribution in [-0.4, -0.2) is 11.8 Å². The van der Waals surface area contributed by atoms with Crippen molar-refractivity contribution in [1.29, 1.82) is 0 Å². The number of benzene rings is 1. The normalized spacial score (nSPS) is 11.0. The van der Waals surface area contributed by atoms with E-state index in [-0.39, 0.29) is 5.82 Å². The second-order valence-electron chi connectivity index (χ2n) is 3.69. The molecule has 0 radical (unpaired) electrons. The van der Waals surface area contributed by atoms with Crippen LogP contribution in [0, 0.1) is 5.82 Å². The lowest BCUT2D eigenvalue weighted by atomic mass is 10.2. The first kappa shape index (κ1) is 12.5. The summed E-state index contributed by atoms with van der Waals surface area (Å²) in [5.74, 6) is 0.861. The minimum atomic E-state index is -0.110. The van der Waals surface area contributed by atoms with Crippen LogP contribution >= 0.6 is 11.8 Å². The minimum Gasteiger partial charge on any atom is -0.310 e. The Labute approximate surface area is 95.5 Å². The van der Waals surface area contributed by atoms with Crippen LogP contribution in [0.3, 0.4) is 0 Å². The molecule has 1 aromatic rings. The Balaban J connectivity index is 2.81. The molecule has 1 rings (SSSR count). The van der Waals surface area contributed by atoms with Gasteiger partial charge in [-0.25, -0.2) is 4.39 Å². The molecule has 3 heteroatoms. The molecule has 1 aromatic carbocycles. The maximum Gasteiger partial charge on any atom is 0.128 e. The van der Waals surface area contributed by atoms with Crippen LogP contribution in [0.4, 0.5) is 4.39 Å². The SMILES string of the molecule is CCSc1cccc(F)c1CNC(C)C. The fraction of sp³-hybridized carbons (Fsp3) is 0.500. The van der Waals surface area contributed by atoms with Crippen molar-refractivity contribution in [2.24, 2.45) is 0 Å². The summed E-state index contributed by atoms with van der Waals surface area (Å²) in [5.41, 5.74) is 0.790. The summed E-state index contributed by atoms with van der Waals surface area (Å²) in [7, 11) is 0. The Morgan fingerprint density at radius 2 is 2.13 bits per heavy atom. The third kappa shape index (κ3) is 3.84. The molecule has 0 saturated heterocycles. The van der Waals surface area contributed by atoms with Gasteiger partial charge in [0.1, 0.15) is 5.82 Å². The molecule has 0 aliphatic heterocycles. The van der Waals surface area contributed by atoms with E-state index >= 15 is 0 Å². The van der Waals surface area contributed by atoms with Gasteiger partial charge >= 0.3 is 0 Å². The van der Waals surface area contributed by atoms with Crippen LogP contribution in [0.15, 0.2) is 23.1 Å². The predicted molar refractivity (Wildman–Crippen MR) is 64.8 cm³/mol. The molecule has 15 heavy (non-hydrogen) atoms. The molecular weight excluding hydrogens is 209 g/mol. The topological polar surface area (TPSA) is 12.0 Å². The molecule has 0 aliphatic rings. The number of thioether (sulfide) groups is 1. The molecule has 1 N–H and O–H groups in total. The third-order valence-corrected chi connectivity index (χ3v) is 3.04. The minimum absolute atomic E-state index is 0.110. The van der Waals surface area contributed by atoms with Crippen molar-refractivity contribution in [1.82, 2.24) is 5.32 Å². The molecule has 0 unspecified atom stereocenters. The smallest absolute Gasteiger partial charge is 0.128 e. The molecule has 0 saturated carbocycles. The zero-order valence-electron chi connectivity index (χ0n) is 9.51. The highest BCUT2D eigenvalue weighted by atomic mass is 32.2. The summed E-state index contributed by atoms with van der Waals surface area (Å²) in [6, 6.07) is 5.65. The Morgan fingerprint density at radius 1 is 1.40 bits per heavy atom. The first-order chi connectivity index (χ1) is 7.15. The molecule has 0 bridgehead atoms. The van der Waals surface area contributed by atoms with Gasteiger partial charge < -0.3 is 5.32 Å². The largest absolute Gasteiger partial charge is 0.310 e. The lowest BCUT2D eigenvalue weighted by Crippen LogP contribution is -2.22. The second kappa shape index (κ2) is 6.13. The summed E-state index contributed by atoms with van der Waals surface area (Å²) in [4.78, 5) is 1.05. The monoisotopic (exact) mass is 227 g/mol. The van der Waals surface area contributed by atoms with Crippen LogP contribution in [-0.2, 0) is 6.54 Å². The summed E-state index contributed by atoms with van der Waals surface area (Å²) in [5, 5.41) is 3.25. The summed E-state index contributed by atoms with van der Waals surface area (Å²) in [6.45, 7) is 6.81. The predicted octanol–water partition coefficient (Wildman–Crippen LogP) is 3.44. The van der Waals surface area contributed by atoms with Gasteiger partial charge in [-0.1, -0.05) is 26.8 Å². The van der Waals surface area contributed by atoms with Gasteiger partial charge in [0.25, 0.3) is 0 Å². The van der Waals surface area contributed by atoms with Gasteiger partial charge in [-0.3, -0.25) is 0 Å². The number of halogens is 1. The average Bonchev–Trinajstić information content (AvgIpc) is 2.17. The molecule has 0 fully saturated rings. The lowest BCUT2D eigenvalue weighted by Gasteiger charge is -2.12. The van der Waals surface area contributed by atoms with E-state index < -0.39 is 0 Å². The van der Waals surface area contributed by atoms with Crippen LogP contribution in [0.2, 0.25) is 0 Å². The number of rotatable bonds is 5. The van der Waals surface area contributed by atoms with Gasteiger partial charge in [0, 0.05) is 23.0 Å². The van der Waals surface area contributed by atoms with Crippen molar-refractivity contribution in [3.63, 3.8) is 0 Å². The molecular formula is C12H18FNS. The van der Waals surface area contributed by atoms with Crippen LogP contribution in [0.25, 0.3) is 0 Å². The molecule has 0 amide bonds. The van der Waals surface area contributed by atoms with E-state index in [0.29, 0.717) is 12.6 Å². The molecule has 0 spiro atoms. The Bertz CT molecular complexity index is 312. The van der Waals surface area contributed by atoms with E-state index in [0.717, 1.165) is 16.2 Å². The summed E-state index contributed by atoms with van der Waals surface area (Å²) < 4.78 is 13.6. The molecule has 1 nitrogen and oxygen atoms in total. The van der Waals surface area contributed by atoms with E-state index in [4.69, 9.17) is 0 Å². The van der Waals surface area contributed by atoms with Gasteiger partial charge in [-0.15, -0.1) is 11.8 Å². The maximum atomic E-state index is 13.6. The quantitative estimate of drug-likeness (QED) is 0.773. The van der Waals surface area contributed by atoms with E-state index in [1.54, 1.807) is 17.8 Å². The highest BCUT2D eigenvalue weighted by molar-refractivity contribution is 7.99. The Hall–Kier alpha value is -0.540. The van der Waals surface area contributed by atoms with Crippen LogP contribution in [0.5, 0.6) is 0 Å². The number of hydrogen-bond donors (Lipinski definition) is 1. The zero-order valence-corrected chi connectivity index (χ0v) is 10.3. The van der Waals surface area contributed by atoms with Crippen molar-refractivity contribution in [2.75, 3.05) is 5.75 Å². The first-order valence-electron chi connectivity index (χ1n) is 5.28. The van der Waals surface area contributed by atoms with Gasteiger partial charge in [0.2, 0.25) is 0 Å². The van der Waals surface area contributed by atoms with E-state index in [2.05, 4.69) is 26.1 Å². The molecule has 0 heterocycles. The first-order valence-corrected chi connectivity index (χ1v) is 6.27. The van der Waals surface area contributed by atoms with Gasteiger partial charge in [-0.05, 0) is 17.9 Å². The third-order valence-electron chi connectivity index (χ3n) is 2.06. The van der Waals surface area contributed by atoms with Crippen LogP contribution in [0.1, 0.15) is 26.3 Å². The second-order valence-corrected chi connectivity index (χ2v) is 4.99. The van der Waals surface area contributed by atoms with E-state index in [9.17, 15) is 4.39 Å². The summed E-state index contributed by atoms with van der Waals surface area (Å²) >= 11 is 1.69. The van der Waals surface area contributed by atoms with Gasteiger partial charge in [0.05, 0.1) is 0 Å². The Morgan fingerprint density at radius 3 is 2.73 bits per heavy atom. The van der Waals surface area contributed by atoms with Crippen molar-refractivity contribution >= 4 is 11.8 Å². The zero-order chi connectivity index (χ0) is 11.3. The average molecular weight is 227 g/mol. The van der Waals surface area contributed by atoms with Crippen LogP contribution < -0.4 is 5.32 Å². The molecule has 0 atom stereocenters. The Kier molecular flexibility index (Phi) is 5.12. The van der Waals surface area contributed by atoms with Crippen molar-refractivity contribution in [2.45, 2.75) is 38.3 Å². The molecule has 0 aromatic heterocycles. The van der Waals surface area contributed by atoms with E-state index in [1.807, 2.05) is 6.07 Å². The molecule has 84 valence electrons. The molecule has 0 aliphatic carbocycles.